The van der Waals surface area contributed by atoms with Crippen LogP contribution >= 0.6 is 0 Å². The van der Waals surface area contributed by atoms with Gasteiger partial charge < -0.3 is 14.4 Å². The number of carbonyl (C=O) groups is 2. The van der Waals surface area contributed by atoms with Gasteiger partial charge in [0.25, 0.3) is 0 Å². The highest BCUT2D eigenvalue weighted by Crippen LogP contribution is 2.30. The topological polar surface area (TPSA) is 86.6 Å². The first-order chi connectivity index (χ1) is 12.1. The molecule has 0 fully saturated rings. The number of anilines is 1. The normalized spacial score (nSPS) is 14.0. The third-order valence-electron chi connectivity index (χ3n) is 3.64. The summed E-state index contributed by atoms with van der Waals surface area (Å²) in [6.07, 6.45) is 6.51. The minimum absolute atomic E-state index is 0.0394. The van der Waals surface area contributed by atoms with Crippen LogP contribution in [-0.2, 0) is 26.1 Å². The van der Waals surface area contributed by atoms with Gasteiger partial charge in [-0.1, -0.05) is 12.1 Å². The quantitative estimate of drug-likeness (QED) is 0.782. The molecule has 2 aromatic rings. The van der Waals surface area contributed by atoms with E-state index >= 15 is 0 Å². The molecule has 0 N–H and O–H groups in total. The maximum Gasteiger partial charge on any atom is 0.355 e. The second-order valence-electron chi connectivity index (χ2n) is 5.15. The summed E-state index contributed by atoms with van der Waals surface area (Å²) in [7, 11) is 4.22. The third kappa shape index (κ3) is 2.89. The highest BCUT2D eigenvalue weighted by molar-refractivity contribution is 6.07. The Morgan fingerprint density at radius 3 is 2.52 bits per heavy atom. The Balaban J connectivity index is 2.27. The van der Waals surface area contributed by atoms with E-state index in [4.69, 9.17) is 9.47 Å². The van der Waals surface area contributed by atoms with Gasteiger partial charge in [0.15, 0.2) is 0 Å². The molecule has 0 atom stereocenters. The van der Waals surface area contributed by atoms with Crippen LogP contribution in [0, 0.1) is 0 Å². The van der Waals surface area contributed by atoms with Crippen LogP contribution in [0.5, 0.6) is 0 Å². The van der Waals surface area contributed by atoms with Crippen molar-refractivity contribution >= 4 is 28.7 Å². The molecule has 0 bridgehead atoms. The molecular weight excluding hydrogens is 324 g/mol. The van der Waals surface area contributed by atoms with Crippen molar-refractivity contribution in [3.05, 3.63) is 53.9 Å². The number of ether oxygens (including phenoxy) is 2. The Morgan fingerprint density at radius 1 is 1.04 bits per heavy atom. The largest absolute Gasteiger partial charge is 0.465 e. The second-order valence-corrected chi connectivity index (χ2v) is 5.15. The summed E-state index contributed by atoms with van der Waals surface area (Å²) in [5.41, 5.74) is 1.96. The number of fused-ring (bicyclic) bond motifs is 1. The molecule has 1 aliphatic rings. The number of aryl methyl sites for hydroxylation is 1. The Bertz CT molecular complexity index is 939. The third-order valence-corrected chi connectivity index (χ3v) is 3.64. The summed E-state index contributed by atoms with van der Waals surface area (Å²) < 4.78 is 9.69. The Labute approximate surface area is 143 Å². The van der Waals surface area contributed by atoms with Crippen molar-refractivity contribution in [3.8, 4) is 0 Å². The van der Waals surface area contributed by atoms with Crippen molar-refractivity contribution in [2.75, 3.05) is 19.1 Å². The number of esters is 2. The number of aromatic nitrogens is 3. The van der Waals surface area contributed by atoms with Gasteiger partial charge in [-0.05, 0) is 24.3 Å². The van der Waals surface area contributed by atoms with Crippen LogP contribution in [0.2, 0.25) is 0 Å². The van der Waals surface area contributed by atoms with Crippen molar-refractivity contribution in [1.82, 2.24) is 15.0 Å². The molecule has 0 aliphatic carbocycles. The van der Waals surface area contributed by atoms with Gasteiger partial charge in [0.05, 0.1) is 25.5 Å². The number of benzene rings is 1. The molecule has 8 nitrogen and oxygen atoms in total. The first kappa shape index (κ1) is 16.4. The lowest BCUT2D eigenvalue weighted by Crippen LogP contribution is -2.27. The van der Waals surface area contributed by atoms with Gasteiger partial charge in [0, 0.05) is 13.2 Å². The number of nitrogens with zero attached hydrogens (tertiary/aromatic N) is 4. The number of allylic oxidation sites excluding steroid dienone is 2. The van der Waals surface area contributed by atoms with Crippen molar-refractivity contribution in [2.45, 2.75) is 0 Å². The zero-order valence-corrected chi connectivity index (χ0v) is 14.0. The van der Waals surface area contributed by atoms with E-state index in [2.05, 4.69) is 10.2 Å². The lowest BCUT2D eigenvalue weighted by Gasteiger charge is -2.23. The van der Waals surface area contributed by atoms with Gasteiger partial charge in [-0.3, -0.25) is 0 Å². The molecule has 0 amide bonds. The van der Waals surface area contributed by atoms with E-state index in [1.807, 2.05) is 6.07 Å². The summed E-state index contributed by atoms with van der Waals surface area (Å²) >= 11 is 0. The fourth-order valence-electron chi connectivity index (χ4n) is 2.57. The van der Waals surface area contributed by atoms with E-state index in [0.717, 1.165) is 0 Å². The van der Waals surface area contributed by atoms with Gasteiger partial charge in [0.1, 0.15) is 16.7 Å². The molecule has 0 saturated heterocycles. The first-order valence-corrected chi connectivity index (χ1v) is 7.42. The van der Waals surface area contributed by atoms with E-state index in [1.165, 1.54) is 25.1 Å². The predicted molar refractivity (Wildman–Crippen MR) is 90.3 cm³/mol. The van der Waals surface area contributed by atoms with E-state index < -0.39 is 11.9 Å². The van der Waals surface area contributed by atoms with Crippen LogP contribution < -0.4 is 4.90 Å². The second kappa shape index (κ2) is 6.60. The molecule has 1 aromatic carbocycles. The standard InChI is InChI=1S/C17H16N4O4/c1-20-18-12-8-6-9-13(14(12)19-20)21-10-5-4-7-11(16(22)24-2)15(21)17(23)25-3/h4-10H,1-3H3. The highest BCUT2D eigenvalue weighted by atomic mass is 16.5. The SMILES string of the molecule is COC(=O)C1=C(C(=O)OC)N(c2cccc3nn(C)nc23)C=CC=C1. The van der Waals surface area contributed by atoms with Gasteiger partial charge in [-0.2, -0.15) is 15.0 Å². The van der Waals surface area contributed by atoms with Gasteiger partial charge in [-0.15, -0.1) is 0 Å². The van der Waals surface area contributed by atoms with E-state index in [9.17, 15) is 9.59 Å². The molecule has 25 heavy (non-hydrogen) atoms. The molecule has 0 spiro atoms. The maximum absolute atomic E-state index is 12.4. The van der Waals surface area contributed by atoms with Crippen LogP contribution in [0.4, 0.5) is 5.69 Å². The average molecular weight is 340 g/mol. The fraction of sp³-hybridized carbons (Fsp3) is 0.176. The highest BCUT2D eigenvalue weighted by Gasteiger charge is 2.28. The van der Waals surface area contributed by atoms with E-state index in [1.54, 1.807) is 42.4 Å². The number of carbonyl (C=O) groups excluding carboxylic acids is 2. The average Bonchev–Trinajstić information content (AvgIpc) is 2.87. The number of methoxy groups -OCH3 is 2. The minimum Gasteiger partial charge on any atom is -0.465 e. The molecular formula is C17H16N4O4. The summed E-state index contributed by atoms with van der Waals surface area (Å²) in [6, 6.07) is 5.39. The predicted octanol–water partition coefficient (Wildman–Crippen LogP) is 1.46. The summed E-state index contributed by atoms with van der Waals surface area (Å²) in [4.78, 5) is 27.6. The molecule has 128 valence electrons. The molecule has 0 radical (unpaired) electrons. The molecule has 1 aromatic heterocycles. The lowest BCUT2D eigenvalue weighted by atomic mass is 10.1. The summed E-state index contributed by atoms with van der Waals surface area (Å²) in [5.74, 6) is -1.31. The minimum atomic E-state index is -0.669. The van der Waals surface area contributed by atoms with E-state index in [0.29, 0.717) is 16.7 Å². The zero-order chi connectivity index (χ0) is 18.0. The molecule has 8 heteroatoms. The number of hydrogen-bond acceptors (Lipinski definition) is 7. The first-order valence-electron chi connectivity index (χ1n) is 7.42. The van der Waals surface area contributed by atoms with Crippen LogP contribution in [0.1, 0.15) is 0 Å². The lowest BCUT2D eigenvalue weighted by molar-refractivity contribution is -0.139. The van der Waals surface area contributed by atoms with Crippen molar-refractivity contribution < 1.29 is 19.1 Å². The van der Waals surface area contributed by atoms with Gasteiger partial charge in [-0.25, -0.2) is 9.59 Å². The Morgan fingerprint density at radius 2 is 1.80 bits per heavy atom. The maximum atomic E-state index is 12.4. The van der Waals surface area contributed by atoms with Crippen molar-refractivity contribution in [3.63, 3.8) is 0 Å². The van der Waals surface area contributed by atoms with Gasteiger partial charge in [0.2, 0.25) is 0 Å². The molecule has 0 unspecified atom stereocenters. The van der Waals surface area contributed by atoms with Crippen LogP contribution in [-0.4, -0.2) is 41.2 Å². The molecule has 0 saturated carbocycles. The van der Waals surface area contributed by atoms with Crippen molar-refractivity contribution in [1.29, 1.82) is 0 Å². The smallest absolute Gasteiger partial charge is 0.355 e. The monoisotopic (exact) mass is 340 g/mol. The fourth-order valence-corrected chi connectivity index (χ4v) is 2.57. The van der Waals surface area contributed by atoms with Crippen LogP contribution in [0.25, 0.3) is 11.0 Å². The Hall–Kier alpha value is -3.42. The number of hydrogen-bond donors (Lipinski definition) is 0. The number of rotatable bonds is 3. The Kier molecular flexibility index (Phi) is 4.34. The van der Waals surface area contributed by atoms with Crippen LogP contribution in [0.3, 0.4) is 0 Å². The molecule has 3 rings (SSSR count). The van der Waals surface area contributed by atoms with Gasteiger partial charge >= 0.3 is 11.9 Å². The van der Waals surface area contributed by atoms with E-state index in [-0.39, 0.29) is 11.3 Å². The summed E-state index contributed by atoms with van der Waals surface area (Å²) in [6.45, 7) is 0. The van der Waals surface area contributed by atoms with Crippen LogP contribution in [0.15, 0.2) is 53.9 Å². The summed E-state index contributed by atoms with van der Waals surface area (Å²) in [5, 5.41) is 8.62. The molecule has 2 heterocycles. The molecule has 1 aliphatic heterocycles. The van der Waals surface area contributed by atoms with Crippen molar-refractivity contribution in [2.24, 2.45) is 7.05 Å². The zero-order valence-electron chi connectivity index (χ0n) is 14.0.